The molecule has 1 rings (SSSR count). The number of rotatable bonds is 1. The monoisotopic (exact) mass is 228 g/mol. The lowest BCUT2D eigenvalue weighted by molar-refractivity contribution is -0.107. The topological polar surface area (TPSA) is 40.5 Å². The van der Waals surface area contributed by atoms with E-state index >= 15 is 0 Å². The zero-order chi connectivity index (χ0) is 12.1. The Morgan fingerprint density at radius 1 is 1.20 bits per heavy atom. The first kappa shape index (κ1) is 15.1. The average molecular weight is 228 g/mol. The fourth-order valence-electron chi connectivity index (χ4n) is 0.541. The summed E-state index contributed by atoms with van der Waals surface area (Å²) in [5.41, 5.74) is -0.946. The molecule has 1 heterocycles. The van der Waals surface area contributed by atoms with Crippen LogP contribution >= 0.6 is 11.8 Å². The third kappa shape index (κ3) is 7.04. The van der Waals surface area contributed by atoms with Gasteiger partial charge < -0.3 is 10.2 Å². The van der Waals surface area contributed by atoms with Crippen LogP contribution < -0.4 is 0 Å². The van der Waals surface area contributed by atoms with E-state index in [1.807, 2.05) is 11.8 Å². The molecule has 2 N–H and O–H groups in total. The smallest absolute Gasteiger partial charge is 0.107 e. The van der Waals surface area contributed by atoms with Crippen molar-refractivity contribution in [2.75, 3.05) is 11.5 Å². The molecule has 15 heavy (non-hydrogen) atoms. The van der Waals surface area contributed by atoms with E-state index in [0.717, 1.165) is 17.6 Å². The van der Waals surface area contributed by atoms with Crippen LogP contribution in [0.2, 0.25) is 0 Å². The number of allylic oxidation sites excluding steroid dienone is 1. The molecule has 0 spiro atoms. The molecule has 0 aliphatic carbocycles. The van der Waals surface area contributed by atoms with Crippen molar-refractivity contribution in [2.24, 2.45) is 0 Å². The number of thioether (sulfide) groups is 1. The highest BCUT2D eigenvalue weighted by molar-refractivity contribution is 7.99. The van der Waals surface area contributed by atoms with E-state index in [1.165, 1.54) is 5.75 Å². The van der Waals surface area contributed by atoms with E-state index in [4.69, 9.17) is 18.1 Å². The molecule has 0 unspecified atom stereocenters. The fraction of sp³-hybridized carbons (Fsp3) is 0.818. The van der Waals surface area contributed by atoms with Crippen LogP contribution in [0.3, 0.4) is 0 Å². The van der Waals surface area contributed by atoms with Gasteiger partial charge in [0.05, 0.1) is 11.2 Å². The van der Waals surface area contributed by atoms with Crippen molar-refractivity contribution in [3.05, 3.63) is 11.5 Å². The molecular weight excluding hydrogens is 207 g/mol. The highest BCUT2D eigenvalue weighted by Crippen LogP contribution is 2.19. The van der Waals surface area contributed by atoms with Crippen LogP contribution in [-0.4, -0.2) is 40.8 Å². The molecule has 0 bridgehead atoms. The molecule has 0 aromatic carbocycles. The fourth-order valence-corrected chi connectivity index (χ4v) is 1.42. The predicted octanol–water partition coefficient (Wildman–Crippen LogP) is 1.70. The summed E-state index contributed by atoms with van der Waals surface area (Å²) in [5.74, 6) is 2.33. The van der Waals surface area contributed by atoms with Crippen LogP contribution in [0.5, 0.6) is 0 Å². The molecule has 0 amide bonds. The number of hydrogen-bond acceptors (Lipinski definition) is 3. The van der Waals surface area contributed by atoms with Gasteiger partial charge in [-0.1, -0.05) is 6.08 Å². The first-order valence-electron chi connectivity index (χ1n) is 5.11. The minimum atomic E-state index is -1.01. The lowest BCUT2D eigenvalue weighted by Crippen LogP contribution is -2.44. The third-order valence-corrected chi connectivity index (χ3v) is 3.39. The van der Waals surface area contributed by atoms with E-state index in [2.05, 4.69) is 6.08 Å². The van der Waals surface area contributed by atoms with Crippen LogP contribution in [0, 0.1) is 0 Å². The molecule has 0 aromatic rings. The zero-order valence-electron chi connectivity index (χ0n) is 10.1. The highest BCUT2D eigenvalue weighted by Gasteiger charge is 2.31. The summed E-state index contributed by atoms with van der Waals surface area (Å²) >= 11 is 1.94. The summed E-state index contributed by atoms with van der Waals surface area (Å²) in [6, 6.07) is 0. The Morgan fingerprint density at radius 2 is 1.67 bits per heavy atom. The van der Waals surface area contributed by atoms with Crippen molar-refractivity contribution in [3.8, 4) is 0 Å². The van der Waals surface area contributed by atoms with Gasteiger partial charge in [-0.05, 0) is 39.9 Å². The van der Waals surface area contributed by atoms with Gasteiger partial charge >= 0.3 is 0 Å². The normalized spacial score (nSPS) is 17.6. The van der Waals surface area contributed by atoms with E-state index in [9.17, 15) is 0 Å². The van der Waals surface area contributed by atoms with Gasteiger partial charge in [0.25, 0.3) is 0 Å². The molecule has 0 atom stereocenters. The SMILES string of the molecule is CC(C)(O)C(C)(C)O.[B]C1=CCSCC1. The van der Waals surface area contributed by atoms with Crippen LogP contribution in [0.25, 0.3) is 0 Å². The summed E-state index contributed by atoms with van der Waals surface area (Å²) in [4.78, 5) is 0. The van der Waals surface area contributed by atoms with Gasteiger partial charge in [-0.15, -0.1) is 5.47 Å². The highest BCUT2D eigenvalue weighted by atomic mass is 32.2. The molecular formula is C11H21BO2S. The molecule has 0 saturated heterocycles. The van der Waals surface area contributed by atoms with Gasteiger partial charge in [0.2, 0.25) is 0 Å². The van der Waals surface area contributed by atoms with Gasteiger partial charge in [-0.25, -0.2) is 0 Å². The first-order chi connectivity index (χ1) is 6.64. The second-order valence-electron chi connectivity index (χ2n) is 4.72. The van der Waals surface area contributed by atoms with E-state index in [0.29, 0.717) is 0 Å². The summed E-state index contributed by atoms with van der Waals surface area (Å²) in [5, 5.41) is 18.2. The molecule has 1 aliphatic heterocycles. The predicted molar refractivity (Wildman–Crippen MR) is 68.4 cm³/mol. The van der Waals surface area contributed by atoms with Crippen molar-refractivity contribution in [2.45, 2.75) is 45.3 Å². The Hall–Kier alpha value is 0.0749. The molecule has 0 saturated carbocycles. The Morgan fingerprint density at radius 3 is 1.80 bits per heavy atom. The molecule has 2 radical (unpaired) electrons. The van der Waals surface area contributed by atoms with Gasteiger partial charge in [0.15, 0.2) is 0 Å². The Labute approximate surface area is 98.6 Å². The van der Waals surface area contributed by atoms with Crippen molar-refractivity contribution < 1.29 is 10.2 Å². The van der Waals surface area contributed by atoms with Crippen LogP contribution in [-0.2, 0) is 0 Å². The zero-order valence-corrected chi connectivity index (χ0v) is 10.9. The van der Waals surface area contributed by atoms with E-state index in [1.54, 1.807) is 27.7 Å². The standard InChI is InChI=1S/C6H14O2.C5H7BS/c1-5(2,7)6(3,4)8;6-5-1-3-7-4-2-5/h7-8H,1-4H3;1H,2-4H2. The molecule has 0 fully saturated rings. The van der Waals surface area contributed by atoms with E-state index in [-0.39, 0.29) is 0 Å². The van der Waals surface area contributed by atoms with Gasteiger partial charge in [0, 0.05) is 5.75 Å². The van der Waals surface area contributed by atoms with Crippen molar-refractivity contribution in [1.29, 1.82) is 0 Å². The lowest BCUT2D eigenvalue weighted by atomic mass is 9.90. The molecule has 1 aliphatic rings. The van der Waals surface area contributed by atoms with Crippen molar-refractivity contribution in [1.82, 2.24) is 0 Å². The summed E-state index contributed by atoms with van der Waals surface area (Å²) < 4.78 is 0. The summed E-state index contributed by atoms with van der Waals surface area (Å²) in [7, 11) is 5.48. The maximum atomic E-state index is 9.10. The maximum Gasteiger partial charge on any atom is 0.107 e. The second-order valence-corrected chi connectivity index (χ2v) is 5.87. The van der Waals surface area contributed by atoms with Crippen LogP contribution in [0.4, 0.5) is 0 Å². The molecule has 0 aromatic heterocycles. The average Bonchev–Trinajstić information content (AvgIpc) is 2.02. The Kier molecular flexibility index (Phi) is 6.00. The number of hydrogen-bond donors (Lipinski definition) is 2. The van der Waals surface area contributed by atoms with E-state index < -0.39 is 11.2 Å². The largest absolute Gasteiger partial charge is 0.387 e. The first-order valence-corrected chi connectivity index (χ1v) is 6.27. The van der Waals surface area contributed by atoms with Gasteiger partial charge in [-0.3, -0.25) is 0 Å². The van der Waals surface area contributed by atoms with Crippen LogP contribution in [0.15, 0.2) is 11.5 Å². The lowest BCUT2D eigenvalue weighted by Gasteiger charge is -2.31. The van der Waals surface area contributed by atoms with Gasteiger partial charge in [0.1, 0.15) is 7.85 Å². The van der Waals surface area contributed by atoms with Gasteiger partial charge in [-0.2, -0.15) is 11.8 Å². The second kappa shape index (κ2) is 5.97. The molecule has 4 heteroatoms. The Bertz CT molecular complexity index is 202. The van der Waals surface area contributed by atoms with Crippen molar-refractivity contribution >= 4 is 19.6 Å². The minimum absolute atomic E-state index is 1.01. The molecule has 86 valence electrons. The number of aliphatic hydroxyl groups is 2. The Balaban J connectivity index is 0.000000262. The molecule has 2 nitrogen and oxygen atoms in total. The minimum Gasteiger partial charge on any atom is -0.387 e. The summed E-state index contributed by atoms with van der Waals surface area (Å²) in [6.45, 7) is 6.31. The van der Waals surface area contributed by atoms with Crippen molar-refractivity contribution in [3.63, 3.8) is 0 Å². The maximum absolute atomic E-state index is 9.10. The quantitative estimate of drug-likeness (QED) is 0.671. The summed E-state index contributed by atoms with van der Waals surface area (Å²) in [6.07, 6.45) is 3.18. The van der Waals surface area contributed by atoms with Crippen LogP contribution in [0.1, 0.15) is 34.1 Å². The third-order valence-electron chi connectivity index (χ3n) is 2.50.